The minimum atomic E-state index is -0.417. The average Bonchev–Trinajstić information content (AvgIpc) is 3.20. The lowest BCUT2D eigenvalue weighted by Gasteiger charge is -2.07. The maximum atomic E-state index is 12.6. The third kappa shape index (κ3) is 3.13. The van der Waals surface area contributed by atoms with Crippen LogP contribution in [0.2, 0.25) is 0 Å². The van der Waals surface area contributed by atoms with E-state index in [1.807, 2.05) is 12.1 Å². The number of aromatic nitrogens is 7. The Morgan fingerprint density at radius 3 is 2.69 bits per heavy atom. The number of nitrogens with one attached hydrogen (secondary N) is 1. The van der Waals surface area contributed by atoms with Crippen molar-refractivity contribution in [3.63, 3.8) is 0 Å². The van der Waals surface area contributed by atoms with Gasteiger partial charge in [-0.25, -0.2) is 24.9 Å². The average molecular weight is 344 g/mol. The first-order valence-corrected chi connectivity index (χ1v) is 7.67. The summed E-state index contributed by atoms with van der Waals surface area (Å²) < 4.78 is 1.57. The van der Waals surface area contributed by atoms with E-state index in [0.717, 1.165) is 0 Å². The Morgan fingerprint density at radius 2 is 1.88 bits per heavy atom. The van der Waals surface area contributed by atoms with Gasteiger partial charge in [0.1, 0.15) is 23.7 Å². The van der Waals surface area contributed by atoms with Crippen LogP contribution in [0.1, 0.15) is 10.6 Å². The summed E-state index contributed by atoms with van der Waals surface area (Å²) in [6.07, 6.45) is 9.38. The van der Waals surface area contributed by atoms with Gasteiger partial charge in [0.15, 0.2) is 5.82 Å². The fraction of sp³-hybridized carbons (Fsp3) is 0. The van der Waals surface area contributed by atoms with Crippen molar-refractivity contribution >= 4 is 11.7 Å². The fourth-order valence-corrected chi connectivity index (χ4v) is 2.30. The van der Waals surface area contributed by atoms with Gasteiger partial charge in [0.25, 0.3) is 5.91 Å². The third-order valence-corrected chi connectivity index (χ3v) is 3.45. The summed E-state index contributed by atoms with van der Waals surface area (Å²) in [6, 6.07) is 8.73. The molecule has 0 saturated carbocycles. The minimum absolute atomic E-state index is 0.182. The Labute approximate surface area is 147 Å². The third-order valence-electron chi connectivity index (χ3n) is 3.45. The number of nitrogens with zero attached hydrogens (tertiary/aromatic N) is 7. The van der Waals surface area contributed by atoms with E-state index >= 15 is 0 Å². The van der Waals surface area contributed by atoms with Crippen LogP contribution in [-0.4, -0.2) is 40.4 Å². The molecule has 0 spiro atoms. The first-order valence-electron chi connectivity index (χ1n) is 7.67. The molecule has 0 saturated heterocycles. The molecular formula is C17H12N8O. The van der Waals surface area contributed by atoms with Crippen LogP contribution < -0.4 is 5.32 Å². The maximum Gasteiger partial charge on any atom is 0.293 e. The summed E-state index contributed by atoms with van der Waals surface area (Å²) >= 11 is 0. The lowest BCUT2D eigenvalue weighted by Crippen LogP contribution is -2.18. The molecule has 4 aromatic heterocycles. The molecule has 0 aliphatic heterocycles. The van der Waals surface area contributed by atoms with Crippen molar-refractivity contribution in [2.45, 2.75) is 0 Å². The van der Waals surface area contributed by atoms with E-state index in [9.17, 15) is 4.79 Å². The van der Waals surface area contributed by atoms with E-state index in [1.165, 1.54) is 12.5 Å². The second-order valence-corrected chi connectivity index (χ2v) is 5.12. The molecule has 0 fully saturated rings. The van der Waals surface area contributed by atoms with Gasteiger partial charge < -0.3 is 5.32 Å². The van der Waals surface area contributed by atoms with Crippen molar-refractivity contribution in [3.05, 3.63) is 73.5 Å². The van der Waals surface area contributed by atoms with Crippen LogP contribution >= 0.6 is 0 Å². The Bertz CT molecular complexity index is 1030. The molecule has 4 rings (SSSR count). The van der Waals surface area contributed by atoms with E-state index < -0.39 is 5.91 Å². The number of pyridine rings is 1. The molecule has 0 aromatic carbocycles. The lowest BCUT2D eigenvalue weighted by atomic mass is 10.3. The topological polar surface area (TPSA) is 111 Å². The van der Waals surface area contributed by atoms with Crippen LogP contribution in [0.15, 0.2) is 67.6 Å². The Kier molecular flexibility index (Phi) is 4.09. The largest absolute Gasteiger partial charge is 0.304 e. The molecule has 0 atom stereocenters. The van der Waals surface area contributed by atoms with E-state index in [1.54, 1.807) is 47.6 Å². The highest BCUT2D eigenvalue weighted by Gasteiger charge is 2.16. The summed E-state index contributed by atoms with van der Waals surface area (Å²) in [4.78, 5) is 37.4. The van der Waals surface area contributed by atoms with Crippen LogP contribution in [0.25, 0.3) is 17.3 Å². The molecule has 4 heterocycles. The standard InChI is InChI=1S/C17H12N8O/c26-17(16-21-9-10-25(16)14-5-7-18-11-22-14)24-13-4-8-20-15(23-13)12-3-1-2-6-19-12/h1-11H,(H,20,23,24,26). The molecule has 4 aromatic rings. The molecule has 0 aliphatic carbocycles. The smallest absolute Gasteiger partial charge is 0.293 e. The highest BCUT2D eigenvalue weighted by Crippen LogP contribution is 2.14. The second-order valence-electron chi connectivity index (χ2n) is 5.12. The van der Waals surface area contributed by atoms with Crippen molar-refractivity contribution in [2.75, 3.05) is 5.32 Å². The summed E-state index contributed by atoms with van der Waals surface area (Å²) in [6.45, 7) is 0. The molecule has 0 aliphatic rings. The van der Waals surface area contributed by atoms with E-state index in [4.69, 9.17) is 0 Å². The van der Waals surface area contributed by atoms with Gasteiger partial charge in [-0.15, -0.1) is 0 Å². The quantitative estimate of drug-likeness (QED) is 0.600. The molecule has 9 nitrogen and oxygen atoms in total. The predicted molar refractivity (Wildman–Crippen MR) is 92.4 cm³/mol. The molecule has 1 N–H and O–H groups in total. The zero-order valence-electron chi connectivity index (χ0n) is 13.4. The number of hydrogen-bond acceptors (Lipinski definition) is 7. The maximum absolute atomic E-state index is 12.6. The van der Waals surface area contributed by atoms with E-state index in [-0.39, 0.29) is 5.82 Å². The van der Waals surface area contributed by atoms with Gasteiger partial charge in [-0.2, -0.15) is 0 Å². The highest BCUT2D eigenvalue weighted by atomic mass is 16.2. The van der Waals surface area contributed by atoms with Gasteiger partial charge in [-0.1, -0.05) is 6.07 Å². The van der Waals surface area contributed by atoms with Crippen LogP contribution in [0, 0.1) is 0 Å². The SMILES string of the molecule is O=C(Nc1ccnc(-c2ccccn2)n1)c1nccn1-c1ccncn1. The number of carbonyl (C=O) groups is 1. The minimum Gasteiger partial charge on any atom is -0.304 e. The number of imidazole rings is 1. The van der Waals surface area contributed by atoms with Gasteiger partial charge >= 0.3 is 0 Å². The van der Waals surface area contributed by atoms with Gasteiger partial charge in [-0.05, 0) is 24.3 Å². The zero-order chi connectivity index (χ0) is 17.8. The Balaban J connectivity index is 1.60. The molecule has 0 radical (unpaired) electrons. The van der Waals surface area contributed by atoms with Crippen molar-refractivity contribution in [1.82, 2.24) is 34.5 Å². The highest BCUT2D eigenvalue weighted by molar-refractivity contribution is 6.01. The Morgan fingerprint density at radius 1 is 0.923 bits per heavy atom. The summed E-state index contributed by atoms with van der Waals surface area (Å²) in [5.74, 6) is 1.07. The molecule has 26 heavy (non-hydrogen) atoms. The van der Waals surface area contributed by atoms with Crippen molar-refractivity contribution < 1.29 is 4.79 Å². The number of hydrogen-bond donors (Lipinski definition) is 1. The molecule has 126 valence electrons. The van der Waals surface area contributed by atoms with Crippen molar-refractivity contribution in [2.24, 2.45) is 0 Å². The molecular weight excluding hydrogens is 332 g/mol. The van der Waals surface area contributed by atoms with Crippen molar-refractivity contribution in [1.29, 1.82) is 0 Å². The summed E-state index contributed by atoms with van der Waals surface area (Å²) in [5, 5.41) is 2.72. The molecule has 0 bridgehead atoms. The summed E-state index contributed by atoms with van der Waals surface area (Å²) in [7, 11) is 0. The number of amides is 1. The normalized spacial score (nSPS) is 10.5. The monoisotopic (exact) mass is 344 g/mol. The number of carbonyl (C=O) groups excluding carboxylic acids is 1. The predicted octanol–water partition coefficient (Wildman–Crippen LogP) is 1.77. The van der Waals surface area contributed by atoms with Gasteiger partial charge in [0, 0.05) is 31.0 Å². The van der Waals surface area contributed by atoms with Gasteiger partial charge in [0.05, 0.1) is 0 Å². The Hall–Kier alpha value is -4.01. The zero-order valence-corrected chi connectivity index (χ0v) is 13.4. The van der Waals surface area contributed by atoms with E-state index in [2.05, 4.69) is 35.2 Å². The van der Waals surface area contributed by atoms with Crippen LogP contribution in [0.3, 0.4) is 0 Å². The summed E-state index contributed by atoms with van der Waals surface area (Å²) in [5.41, 5.74) is 0.617. The second kappa shape index (κ2) is 6.85. The number of anilines is 1. The molecule has 1 amide bonds. The van der Waals surface area contributed by atoms with Crippen LogP contribution in [0.5, 0.6) is 0 Å². The lowest BCUT2D eigenvalue weighted by molar-refractivity contribution is 0.101. The van der Waals surface area contributed by atoms with Crippen LogP contribution in [-0.2, 0) is 0 Å². The first kappa shape index (κ1) is 15.5. The van der Waals surface area contributed by atoms with Crippen LogP contribution in [0.4, 0.5) is 5.82 Å². The fourth-order valence-electron chi connectivity index (χ4n) is 2.30. The van der Waals surface area contributed by atoms with Gasteiger partial charge in [0.2, 0.25) is 5.82 Å². The van der Waals surface area contributed by atoms with Gasteiger partial charge in [-0.3, -0.25) is 14.3 Å². The van der Waals surface area contributed by atoms with E-state index in [0.29, 0.717) is 23.2 Å². The van der Waals surface area contributed by atoms with Crippen molar-refractivity contribution in [3.8, 4) is 17.3 Å². The first-order chi connectivity index (χ1) is 12.8. The molecule has 0 unspecified atom stereocenters. The number of rotatable bonds is 4. The molecule has 9 heteroatoms.